The Morgan fingerprint density at radius 1 is 1.55 bits per heavy atom. The predicted octanol–water partition coefficient (Wildman–Crippen LogP) is -0.449. The maximum atomic E-state index is 10.8. The molecule has 0 aromatic rings. The molecular weight excluding hydrogens is 259 g/mol. The number of hydrogen-bond acceptors (Lipinski definition) is 3. The fraction of sp³-hybridized carbons (Fsp3) is 0.333. The molecule has 2 amide bonds. The van der Waals surface area contributed by atoms with E-state index in [-0.39, 0.29) is 11.8 Å². The quantitative estimate of drug-likeness (QED) is 0.413. The van der Waals surface area contributed by atoms with Gasteiger partial charge in [0, 0.05) is 17.0 Å². The number of imide groups is 1. The first-order chi connectivity index (χ1) is 5.24. The highest BCUT2D eigenvalue weighted by Gasteiger charge is 2.19. The van der Waals surface area contributed by atoms with E-state index >= 15 is 0 Å². The lowest BCUT2D eigenvalue weighted by Crippen LogP contribution is -2.27. The van der Waals surface area contributed by atoms with E-state index in [9.17, 15) is 9.59 Å². The summed E-state index contributed by atoms with van der Waals surface area (Å²) < 4.78 is 0.899. The highest BCUT2D eigenvalue weighted by Crippen LogP contribution is 1.96. The van der Waals surface area contributed by atoms with Gasteiger partial charge >= 0.3 is 0 Å². The number of halogens is 1. The summed E-state index contributed by atoms with van der Waals surface area (Å²) in [5.74, 6) is -0.675. The van der Waals surface area contributed by atoms with Gasteiger partial charge in [-0.15, -0.1) is 0 Å². The van der Waals surface area contributed by atoms with Crippen molar-refractivity contribution in [2.45, 2.75) is 0 Å². The van der Waals surface area contributed by atoms with E-state index in [2.05, 4.69) is 33.2 Å². The Morgan fingerprint density at radius 3 is 2.73 bits per heavy atom. The third-order valence-corrected chi connectivity index (χ3v) is 1.71. The number of carbonyl (C=O) groups excluding carboxylic acids is 2. The fourth-order valence-electron chi connectivity index (χ4n) is 0.725. The molecule has 1 heterocycles. The average molecular weight is 266 g/mol. The molecule has 0 radical (unpaired) electrons. The Balaban J connectivity index is 2.50. The van der Waals surface area contributed by atoms with Gasteiger partial charge in [0.15, 0.2) is 0 Å². The second kappa shape index (κ2) is 3.70. The zero-order valence-corrected chi connectivity index (χ0v) is 7.84. The van der Waals surface area contributed by atoms with Crippen molar-refractivity contribution in [2.24, 2.45) is 0 Å². The lowest BCUT2D eigenvalue weighted by atomic mass is 10.4. The van der Waals surface area contributed by atoms with Crippen molar-refractivity contribution < 1.29 is 9.59 Å². The van der Waals surface area contributed by atoms with Crippen LogP contribution < -0.4 is 10.6 Å². The van der Waals surface area contributed by atoms with Gasteiger partial charge in [-0.3, -0.25) is 14.9 Å². The number of carbonyl (C=O) groups is 2. The van der Waals surface area contributed by atoms with Crippen LogP contribution in [0.1, 0.15) is 0 Å². The van der Waals surface area contributed by atoms with Crippen LogP contribution in [-0.4, -0.2) is 22.8 Å². The summed E-state index contributed by atoms with van der Waals surface area (Å²) in [7, 11) is 0. The minimum Gasteiger partial charge on any atom is -0.380 e. The first kappa shape index (κ1) is 8.51. The van der Waals surface area contributed by atoms with Gasteiger partial charge in [-0.05, 0) is 0 Å². The number of alkyl halides is 1. The molecular formula is C6H7IN2O2. The molecule has 60 valence electrons. The van der Waals surface area contributed by atoms with E-state index < -0.39 is 0 Å². The molecule has 0 fully saturated rings. The minimum atomic E-state index is -0.342. The van der Waals surface area contributed by atoms with Crippen LogP contribution in [0.3, 0.4) is 0 Å². The van der Waals surface area contributed by atoms with Gasteiger partial charge in [-0.2, -0.15) is 0 Å². The molecule has 5 heteroatoms. The Bertz CT molecular complexity index is 225. The zero-order valence-electron chi connectivity index (χ0n) is 5.69. The number of rotatable bonds is 3. The molecule has 1 aliphatic heterocycles. The van der Waals surface area contributed by atoms with Gasteiger partial charge < -0.3 is 5.32 Å². The van der Waals surface area contributed by atoms with Crippen molar-refractivity contribution in [3.05, 3.63) is 11.8 Å². The first-order valence-electron chi connectivity index (χ1n) is 3.11. The molecule has 11 heavy (non-hydrogen) atoms. The van der Waals surface area contributed by atoms with Crippen LogP contribution in [0.4, 0.5) is 0 Å². The second-order valence-corrected chi connectivity index (χ2v) is 3.07. The molecule has 0 aliphatic carbocycles. The number of hydrogen-bond donors (Lipinski definition) is 2. The van der Waals surface area contributed by atoms with Gasteiger partial charge in [-0.1, -0.05) is 22.6 Å². The average Bonchev–Trinajstić information content (AvgIpc) is 2.26. The van der Waals surface area contributed by atoms with E-state index in [0.717, 1.165) is 4.43 Å². The van der Waals surface area contributed by atoms with Crippen LogP contribution in [0.5, 0.6) is 0 Å². The molecule has 0 saturated heterocycles. The predicted molar refractivity (Wildman–Crippen MR) is 48.1 cm³/mol. The van der Waals surface area contributed by atoms with Crippen molar-refractivity contribution in [2.75, 3.05) is 11.0 Å². The third-order valence-electron chi connectivity index (χ3n) is 1.17. The van der Waals surface area contributed by atoms with E-state index in [0.29, 0.717) is 12.2 Å². The summed E-state index contributed by atoms with van der Waals surface area (Å²) in [6, 6.07) is 0. The van der Waals surface area contributed by atoms with E-state index in [1.54, 1.807) is 0 Å². The van der Waals surface area contributed by atoms with Crippen molar-refractivity contribution in [3.8, 4) is 0 Å². The fourth-order valence-corrected chi connectivity index (χ4v) is 0.995. The summed E-state index contributed by atoms with van der Waals surface area (Å²) in [6.07, 6.45) is 1.27. The Kier molecular flexibility index (Phi) is 2.86. The zero-order chi connectivity index (χ0) is 8.27. The van der Waals surface area contributed by atoms with Gasteiger partial charge in [0.05, 0.1) is 0 Å². The van der Waals surface area contributed by atoms with Crippen LogP contribution in [0.15, 0.2) is 11.8 Å². The Morgan fingerprint density at radius 2 is 2.27 bits per heavy atom. The van der Waals surface area contributed by atoms with Gasteiger partial charge in [-0.25, -0.2) is 0 Å². The van der Waals surface area contributed by atoms with Crippen LogP contribution in [0.25, 0.3) is 0 Å². The highest BCUT2D eigenvalue weighted by atomic mass is 127. The van der Waals surface area contributed by atoms with Crippen molar-refractivity contribution in [1.29, 1.82) is 0 Å². The molecule has 0 saturated carbocycles. The minimum absolute atomic E-state index is 0.333. The molecule has 1 aliphatic rings. The van der Waals surface area contributed by atoms with Crippen molar-refractivity contribution >= 4 is 34.4 Å². The third kappa shape index (κ3) is 2.18. The number of amides is 2. The smallest absolute Gasteiger partial charge is 0.274 e. The van der Waals surface area contributed by atoms with Gasteiger partial charge in [0.25, 0.3) is 11.8 Å². The van der Waals surface area contributed by atoms with E-state index in [4.69, 9.17) is 0 Å². The van der Waals surface area contributed by atoms with Gasteiger partial charge in [0.2, 0.25) is 0 Å². The standard InChI is InChI=1S/C6H7IN2O2/c7-1-2-8-4-3-5(10)9-6(4)11/h3H,1-2H2,(H2,8,9,10,11). The maximum Gasteiger partial charge on any atom is 0.274 e. The second-order valence-electron chi connectivity index (χ2n) is 1.99. The van der Waals surface area contributed by atoms with Crippen LogP contribution in [0.2, 0.25) is 0 Å². The van der Waals surface area contributed by atoms with Crippen molar-refractivity contribution in [1.82, 2.24) is 10.6 Å². The lowest BCUT2D eigenvalue weighted by molar-refractivity contribution is -0.124. The maximum absolute atomic E-state index is 10.8. The normalized spacial score (nSPS) is 16.3. The molecule has 0 aromatic carbocycles. The van der Waals surface area contributed by atoms with Gasteiger partial charge in [0.1, 0.15) is 5.70 Å². The van der Waals surface area contributed by atoms with E-state index in [1.165, 1.54) is 6.08 Å². The molecule has 0 atom stereocenters. The van der Waals surface area contributed by atoms with Crippen molar-refractivity contribution in [3.63, 3.8) is 0 Å². The van der Waals surface area contributed by atoms with Crippen LogP contribution in [0, 0.1) is 0 Å². The lowest BCUT2D eigenvalue weighted by Gasteiger charge is -2.00. The summed E-state index contributed by atoms with van der Waals surface area (Å²) in [6.45, 7) is 0.701. The summed E-state index contributed by atoms with van der Waals surface area (Å²) >= 11 is 2.18. The molecule has 0 spiro atoms. The largest absolute Gasteiger partial charge is 0.380 e. The molecule has 0 unspecified atom stereocenters. The molecule has 4 nitrogen and oxygen atoms in total. The highest BCUT2D eigenvalue weighted by molar-refractivity contribution is 14.1. The molecule has 0 aromatic heterocycles. The SMILES string of the molecule is O=C1C=C(NCCI)C(=O)N1. The van der Waals surface area contributed by atoms with Crippen LogP contribution in [-0.2, 0) is 9.59 Å². The molecule has 2 N–H and O–H groups in total. The molecule has 0 bridgehead atoms. The first-order valence-corrected chi connectivity index (χ1v) is 4.63. The molecule has 1 rings (SSSR count). The Labute approximate surface area is 77.6 Å². The summed E-state index contributed by atoms with van der Waals surface area (Å²) in [5, 5.41) is 4.97. The topological polar surface area (TPSA) is 58.2 Å². The number of nitrogens with one attached hydrogen (secondary N) is 2. The Hall–Kier alpha value is -0.590. The summed E-state index contributed by atoms with van der Waals surface area (Å²) in [5.41, 5.74) is 0.367. The van der Waals surface area contributed by atoms with E-state index in [1.807, 2.05) is 0 Å². The monoisotopic (exact) mass is 266 g/mol. The van der Waals surface area contributed by atoms with Crippen LogP contribution >= 0.6 is 22.6 Å². The summed E-state index contributed by atoms with van der Waals surface area (Å²) in [4.78, 5) is 21.4.